The number of nitrogens with zero attached hydrogens (tertiary/aromatic N) is 3. The zero-order valence-electron chi connectivity index (χ0n) is 16.4. The molecule has 0 bridgehead atoms. The normalized spacial score (nSPS) is 21.5. The molecule has 4 heterocycles. The molecule has 10 heteroatoms. The van der Waals surface area contributed by atoms with Crippen LogP contribution in [0.3, 0.4) is 0 Å². The Hall–Kier alpha value is -3.19. The molecule has 2 aromatic heterocycles. The van der Waals surface area contributed by atoms with Crippen LogP contribution in [0.5, 0.6) is 0 Å². The molecule has 2 aromatic rings. The Morgan fingerprint density at radius 3 is 2.80 bits per heavy atom. The van der Waals surface area contributed by atoms with Crippen molar-refractivity contribution in [3.05, 3.63) is 38.3 Å². The van der Waals surface area contributed by atoms with Crippen molar-refractivity contribution in [2.75, 3.05) is 29.9 Å². The largest absolute Gasteiger partial charge is 0.466 e. The van der Waals surface area contributed by atoms with Gasteiger partial charge in [-0.3, -0.25) is 19.4 Å². The quantitative estimate of drug-likeness (QED) is 0.713. The zero-order chi connectivity index (χ0) is 21.3. The summed E-state index contributed by atoms with van der Waals surface area (Å²) in [6.45, 7) is 3.21. The fourth-order valence-electron chi connectivity index (χ4n) is 4.01. The number of aromatic amines is 1. The van der Waals surface area contributed by atoms with Gasteiger partial charge in [-0.2, -0.15) is 10.2 Å². The predicted octanol–water partition coefficient (Wildman–Crippen LogP) is 1.83. The van der Waals surface area contributed by atoms with Gasteiger partial charge in [-0.25, -0.2) is 0 Å². The number of amides is 1. The lowest BCUT2D eigenvalue weighted by atomic mass is 9.83. The van der Waals surface area contributed by atoms with Crippen LogP contribution in [-0.4, -0.2) is 41.5 Å². The number of H-pyrrole nitrogens is 1. The lowest BCUT2D eigenvalue weighted by molar-refractivity contribution is -0.148. The van der Waals surface area contributed by atoms with Crippen molar-refractivity contribution in [2.45, 2.75) is 25.7 Å². The molecular formula is C20H21N5O4S. The molecule has 0 spiro atoms. The number of anilines is 2. The highest BCUT2D eigenvalue weighted by Crippen LogP contribution is 2.40. The number of carbonyl (C=O) groups excluding carboxylic acids is 2. The second-order valence-electron chi connectivity index (χ2n) is 7.25. The van der Waals surface area contributed by atoms with Crippen molar-refractivity contribution >= 4 is 35.0 Å². The Labute approximate surface area is 176 Å². The van der Waals surface area contributed by atoms with Gasteiger partial charge in [0, 0.05) is 18.0 Å². The van der Waals surface area contributed by atoms with Gasteiger partial charge in [-0.1, -0.05) is 6.07 Å². The van der Waals surface area contributed by atoms with Crippen molar-refractivity contribution in [3.8, 4) is 6.07 Å². The standard InChI is InChI=1S/C20H21N5O4S/c1-2-29-19(28)11-5-7-25(8-6-11)20-23-16-15(18(27)24-20)14(13-4-3-9-30-13)12(10-21)17(26)22-16/h3-4,9,11-12,14H,2,5-8H2,1H3,(H2,22,23,24,26,27). The average Bonchev–Trinajstić information content (AvgIpc) is 3.27. The summed E-state index contributed by atoms with van der Waals surface area (Å²) in [6.07, 6.45) is 1.20. The van der Waals surface area contributed by atoms with Crippen LogP contribution >= 0.6 is 11.3 Å². The summed E-state index contributed by atoms with van der Waals surface area (Å²) in [4.78, 5) is 47.4. The first-order valence-electron chi connectivity index (χ1n) is 9.83. The van der Waals surface area contributed by atoms with Crippen LogP contribution in [0.15, 0.2) is 22.3 Å². The van der Waals surface area contributed by atoms with E-state index in [4.69, 9.17) is 4.74 Å². The van der Waals surface area contributed by atoms with Crippen LogP contribution < -0.4 is 15.8 Å². The molecule has 2 aliphatic rings. The Bertz CT molecular complexity index is 1050. The summed E-state index contributed by atoms with van der Waals surface area (Å²) >= 11 is 1.40. The number of aromatic nitrogens is 2. The number of ether oxygens (including phenoxy) is 1. The van der Waals surface area contributed by atoms with Crippen LogP contribution in [0.1, 0.15) is 36.1 Å². The molecule has 0 radical (unpaired) electrons. The third-order valence-electron chi connectivity index (χ3n) is 5.51. The van der Waals surface area contributed by atoms with E-state index in [-0.39, 0.29) is 23.3 Å². The molecule has 30 heavy (non-hydrogen) atoms. The smallest absolute Gasteiger partial charge is 0.309 e. The van der Waals surface area contributed by atoms with Crippen molar-refractivity contribution in [2.24, 2.45) is 11.8 Å². The number of hydrogen-bond acceptors (Lipinski definition) is 8. The van der Waals surface area contributed by atoms with E-state index < -0.39 is 17.7 Å². The number of carbonyl (C=O) groups is 2. The van der Waals surface area contributed by atoms with E-state index in [2.05, 4.69) is 15.3 Å². The molecule has 0 aromatic carbocycles. The number of nitrogens with one attached hydrogen (secondary N) is 2. The molecule has 156 valence electrons. The molecule has 4 rings (SSSR count). The Morgan fingerprint density at radius 1 is 1.40 bits per heavy atom. The fraction of sp³-hybridized carbons (Fsp3) is 0.450. The van der Waals surface area contributed by atoms with Crippen LogP contribution in [-0.2, 0) is 14.3 Å². The highest BCUT2D eigenvalue weighted by atomic mass is 32.1. The minimum absolute atomic E-state index is 0.162. The summed E-state index contributed by atoms with van der Waals surface area (Å²) in [6, 6.07) is 5.66. The Balaban J connectivity index is 1.63. The topological polar surface area (TPSA) is 128 Å². The number of piperidine rings is 1. The monoisotopic (exact) mass is 427 g/mol. The Morgan fingerprint density at radius 2 is 2.17 bits per heavy atom. The molecule has 0 aliphatic carbocycles. The molecular weight excluding hydrogens is 406 g/mol. The second kappa shape index (κ2) is 8.28. The number of esters is 1. The van der Waals surface area contributed by atoms with Crippen molar-refractivity contribution in [3.63, 3.8) is 0 Å². The summed E-state index contributed by atoms with van der Waals surface area (Å²) in [5.74, 6) is -1.93. The van der Waals surface area contributed by atoms with Gasteiger partial charge in [0.1, 0.15) is 11.7 Å². The predicted molar refractivity (Wildman–Crippen MR) is 110 cm³/mol. The van der Waals surface area contributed by atoms with Gasteiger partial charge in [0.15, 0.2) is 0 Å². The molecule has 1 fully saturated rings. The highest BCUT2D eigenvalue weighted by molar-refractivity contribution is 7.10. The third-order valence-corrected chi connectivity index (χ3v) is 6.47. The molecule has 0 saturated carbocycles. The molecule has 2 N–H and O–H groups in total. The molecule has 1 amide bonds. The average molecular weight is 427 g/mol. The molecule has 9 nitrogen and oxygen atoms in total. The fourth-order valence-corrected chi connectivity index (χ4v) is 4.88. The van der Waals surface area contributed by atoms with E-state index in [0.717, 1.165) is 4.88 Å². The molecule has 2 atom stereocenters. The number of nitriles is 1. The van der Waals surface area contributed by atoms with Gasteiger partial charge < -0.3 is 15.0 Å². The molecule has 1 saturated heterocycles. The maximum absolute atomic E-state index is 13.0. The van der Waals surface area contributed by atoms with E-state index in [1.165, 1.54) is 11.3 Å². The van der Waals surface area contributed by atoms with Crippen molar-refractivity contribution < 1.29 is 14.3 Å². The van der Waals surface area contributed by atoms with Crippen LogP contribution in [0.25, 0.3) is 0 Å². The zero-order valence-corrected chi connectivity index (χ0v) is 17.2. The van der Waals surface area contributed by atoms with E-state index in [0.29, 0.717) is 44.0 Å². The lowest BCUT2D eigenvalue weighted by Crippen LogP contribution is -2.41. The maximum atomic E-state index is 13.0. The van der Waals surface area contributed by atoms with Crippen LogP contribution in [0, 0.1) is 23.2 Å². The first-order valence-corrected chi connectivity index (χ1v) is 10.7. The number of rotatable bonds is 4. The summed E-state index contributed by atoms with van der Waals surface area (Å²) < 4.78 is 5.09. The number of thiophene rings is 1. The van der Waals surface area contributed by atoms with Gasteiger partial charge >= 0.3 is 5.97 Å². The Kier molecular flexibility index (Phi) is 5.55. The van der Waals surface area contributed by atoms with Crippen molar-refractivity contribution in [1.29, 1.82) is 5.26 Å². The molecule has 2 aliphatic heterocycles. The van der Waals surface area contributed by atoms with Gasteiger partial charge in [0.25, 0.3) is 5.56 Å². The van der Waals surface area contributed by atoms with E-state index in [1.807, 2.05) is 28.5 Å². The summed E-state index contributed by atoms with van der Waals surface area (Å²) in [5.41, 5.74) is -0.0741. The van der Waals surface area contributed by atoms with E-state index >= 15 is 0 Å². The summed E-state index contributed by atoms with van der Waals surface area (Å²) in [5, 5.41) is 14.0. The highest BCUT2D eigenvalue weighted by Gasteiger charge is 2.41. The van der Waals surface area contributed by atoms with Gasteiger partial charge in [0.2, 0.25) is 11.9 Å². The van der Waals surface area contributed by atoms with Gasteiger partial charge in [-0.05, 0) is 31.2 Å². The van der Waals surface area contributed by atoms with Crippen LogP contribution in [0.2, 0.25) is 0 Å². The van der Waals surface area contributed by atoms with E-state index in [9.17, 15) is 19.6 Å². The van der Waals surface area contributed by atoms with Gasteiger partial charge in [-0.15, -0.1) is 11.3 Å². The second-order valence-corrected chi connectivity index (χ2v) is 8.23. The number of fused-ring (bicyclic) bond motifs is 1. The van der Waals surface area contributed by atoms with Crippen LogP contribution in [0.4, 0.5) is 11.8 Å². The van der Waals surface area contributed by atoms with E-state index in [1.54, 1.807) is 6.92 Å². The first kappa shape index (κ1) is 20.1. The lowest BCUT2D eigenvalue weighted by Gasteiger charge is -2.33. The summed E-state index contributed by atoms with van der Waals surface area (Å²) in [7, 11) is 0. The first-order chi connectivity index (χ1) is 14.5. The molecule has 2 unspecified atom stereocenters. The minimum atomic E-state index is -0.995. The SMILES string of the molecule is CCOC(=O)C1CCN(c2nc3c(c(=O)[nH]2)C(c2cccs2)C(C#N)C(=O)N3)CC1. The number of hydrogen-bond donors (Lipinski definition) is 2. The maximum Gasteiger partial charge on any atom is 0.309 e. The van der Waals surface area contributed by atoms with Gasteiger partial charge in [0.05, 0.1) is 30.1 Å². The third kappa shape index (κ3) is 3.57. The van der Waals surface area contributed by atoms with Crippen molar-refractivity contribution in [1.82, 2.24) is 9.97 Å². The minimum Gasteiger partial charge on any atom is -0.466 e.